The molecule has 0 bridgehead atoms. The molecule has 1 aliphatic heterocycles. The SMILES string of the molecule is CC(C)(C)OC=O.O=[N+]([O-])c1ccc(SC2CC2)c(C2C=CCN2)c1. The summed E-state index contributed by atoms with van der Waals surface area (Å²) in [4.78, 5) is 21.3. The fourth-order valence-corrected chi connectivity index (χ4v) is 3.39. The Morgan fingerprint density at radius 1 is 1.36 bits per heavy atom. The smallest absolute Gasteiger partial charge is 0.293 e. The van der Waals surface area contributed by atoms with Crippen molar-refractivity contribution in [1.82, 2.24) is 5.32 Å². The van der Waals surface area contributed by atoms with E-state index in [1.165, 1.54) is 17.7 Å². The lowest BCUT2D eigenvalue weighted by atomic mass is 10.1. The van der Waals surface area contributed by atoms with Gasteiger partial charge in [-0.3, -0.25) is 14.9 Å². The number of nitrogens with one attached hydrogen (secondary N) is 1. The molecule has 1 fully saturated rings. The number of non-ortho nitro benzene ring substituents is 1. The molecule has 1 aromatic rings. The molecule has 25 heavy (non-hydrogen) atoms. The van der Waals surface area contributed by atoms with E-state index in [1.807, 2.05) is 38.6 Å². The summed E-state index contributed by atoms with van der Waals surface area (Å²) in [5.74, 6) is 0. The van der Waals surface area contributed by atoms with Crippen LogP contribution < -0.4 is 5.32 Å². The van der Waals surface area contributed by atoms with E-state index in [9.17, 15) is 14.9 Å². The van der Waals surface area contributed by atoms with Crippen molar-refractivity contribution in [2.24, 2.45) is 0 Å². The molecule has 1 N–H and O–H groups in total. The largest absolute Gasteiger partial charge is 0.462 e. The van der Waals surface area contributed by atoms with Gasteiger partial charge in [0.1, 0.15) is 5.60 Å². The number of rotatable bonds is 5. The number of hydrogen-bond acceptors (Lipinski definition) is 6. The van der Waals surface area contributed by atoms with Crippen LogP contribution in [0, 0.1) is 10.1 Å². The summed E-state index contributed by atoms with van der Waals surface area (Å²) in [6, 6.07) is 5.32. The van der Waals surface area contributed by atoms with E-state index in [1.54, 1.807) is 12.1 Å². The molecular weight excluding hydrogens is 340 g/mol. The first-order chi connectivity index (χ1) is 11.8. The van der Waals surface area contributed by atoms with Gasteiger partial charge < -0.3 is 10.1 Å². The van der Waals surface area contributed by atoms with Crippen molar-refractivity contribution in [2.45, 2.75) is 55.4 Å². The molecule has 1 unspecified atom stereocenters. The molecule has 136 valence electrons. The fourth-order valence-electron chi connectivity index (χ4n) is 2.19. The van der Waals surface area contributed by atoms with Crippen molar-refractivity contribution < 1.29 is 14.5 Å². The standard InChI is InChI=1S/C13H14N2O2S.C5H10O2/c16-15(17)9-3-6-13(18-10-4-5-10)11(8-9)12-2-1-7-14-12;1-5(2,3)7-4-6/h1-3,6,8,10,12,14H,4-5,7H2;4H,1-3H3. The van der Waals surface area contributed by atoms with Crippen molar-refractivity contribution in [3.8, 4) is 0 Å². The lowest BCUT2D eigenvalue weighted by molar-refractivity contribution is -0.385. The van der Waals surface area contributed by atoms with Gasteiger partial charge in [-0.05, 0) is 45.2 Å². The minimum Gasteiger partial charge on any atom is -0.462 e. The quantitative estimate of drug-likeness (QED) is 0.368. The maximum absolute atomic E-state index is 10.9. The molecule has 1 saturated carbocycles. The lowest BCUT2D eigenvalue weighted by Crippen LogP contribution is -2.17. The predicted molar refractivity (Wildman–Crippen MR) is 98.8 cm³/mol. The Hall–Kier alpha value is -1.86. The first kappa shape index (κ1) is 19.5. The topological polar surface area (TPSA) is 81.5 Å². The molecule has 3 rings (SSSR count). The number of nitrogens with zero attached hydrogens (tertiary/aromatic N) is 1. The van der Waals surface area contributed by atoms with Gasteiger partial charge in [0.25, 0.3) is 12.2 Å². The monoisotopic (exact) mass is 364 g/mol. The average molecular weight is 364 g/mol. The van der Waals surface area contributed by atoms with E-state index in [4.69, 9.17) is 0 Å². The first-order valence-corrected chi connectivity index (χ1v) is 9.14. The predicted octanol–water partition coefficient (Wildman–Crippen LogP) is 4.01. The highest BCUT2D eigenvalue weighted by atomic mass is 32.2. The van der Waals surface area contributed by atoms with E-state index >= 15 is 0 Å². The van der Waals surface area contributed by atoms with Crippen LogP contribution >= 0.6 is 11.8 Å². The Bertz CT molecular complexity index is 651. The van der Waals surface area contributed by atoms with Crippen molar-refractivity contribution >= 4 is 23.9 Å². The average Bonchev–Trinajstić information content (AvgIpc) is 3.17. The van der Waals surface area contributed by atoms with Crippen LogP contribution in [0.25, 0.3) is 0 Å². The molecule has 1 heterocycles. The van der Waals surface area contributed by atoms with E-state index < -0.39 is 0 Å². The second-order valence-corrected chi connectivity index (χ2v) is 8.28. The van der Waals surface area contributed by atoms with Crippen molar-refractivity contribution in [1.29, 1.82) is 0 Å². The van der Waals surface area contributed by atoms with Crippen molar-refractivity contribution in [3.05, 3.63) is 46.0 Å². The van der Waals surface area contributed by atoms with Gasteiger partial charge in [0.2, 0.25) is 0 Å². The summed E-state index contributed by atoms with van der Waals surface area (Å²) in [6.45, 7) is 6.76. The molecule has 7 heteroatoms. The summed E-state index contributed by atoms with van der Waals surface area (Å²) in [6.07, 6.45) is 6.66. The van der Waals surface area contributed by atoms with E-state index in [0.29, 0.717) is 11.7 Å². The molecule has 0 aromatic heterocycles. The van der Waals surface area contributed by atoms with Gasteiger partial charge in [-0.25, -0.2) is 0 Å². The van der Waals surface area contributed by atoms with Crippen LogP contribution in [-0.2, 0) is 9.53 Å². The Balaban J connectivity index is 0.000000277. The molecule has 1 aromatic carbocycles. The highest BCUT2D eigenvalue weighted by Crippen LogP contribution is 2.43. The van der Waals surface area contributed by atoms with Crippen LogP contribution in [0.5, 0.6) is 0 Å². The second-order valence-electron chi connectivity index (χ2n) is 6.94. The Morgan fingerprint density at radius 3 is 2.52 bits per heavy atom. The highest BCUT2D eigenvalue weighted by Gasteiger charge is 2.26. The lowest BCUT2D eigenvalue weighted by Gasteiger charge is -2.14. The molecule has 0 saturated heterocycles. The maximum atomic E-state index is 10.9. The van der Waals surface area contributed by atoms with E-state index in [0.717, 1.165) is 12.1 Å². The van der Waals surface area contributed by atoms with Gasteiger partial charge in [0.15, 0.2) is 0 Å². The molecule has 0 spiro atoms. The highest BCUT2D eigenvalue weighted by molar-refractivity contribution is 8.00. The van der Waals surface area contributed by atoms with E-state index in [2.05, 4.69) is 22.2 Å². The normalized spacial score (nSPS) is 19.1. The van der Waals surface area contributed by atoms with Gasteiger partial charge in [0, 0.05) is 28.8 Å². The van der Waals surface area contributed by atoms with Crippen LogP contribution in [-0.4, -0.2) is 28.8 Å². The van der Waals surface area contributed by atoms with Gasteiger partial charge in [0.05, 0.1) is 11.0 Å². The maximum Gasteiger partial charge on any atom is 0.293 e. The molecule has 0 amide bonds. The zero-order valence-electron chi connectivity index (χ0n) is 14.7. The fraction of sp³-hybridized carbons (Fsp3) is 0.500. The third-order valence-electron chi connectivity index (χ3n) is 3.54. The number of ether oxygens (including phenoxy) is 1. The summed E-state index contributed by atoms with van der Waals surface area (Å²) < 4.78 is 4.55. The number of hydrogen-bond donors (Lipinski definition) is 1. The minimum atomic E-state index is -0.326. The van der Waals surface area contributed by atoms with Crippen molar-refractivity contribution in [2.75, 3.05) is 6.54 Å². The van der Waals surface area contributed by atoms with Crippen LogP contribution in [0.2, 0.25) is 0 Å². The Kier molecular flexibility index (Phi) is 6.61. The van der Waals surface area contributed by atoms with E-state index in [-0.39, 0.29) is 22.3 Å². The number of nitro groups is 1. The number of thioether (sulfide) groups is 1. The van der Waals surface area contributed by atoms with Crippen LogP contribution in [0.4, 0.5) is 5.69 Å². The third-order valence-corrected chi connectivity index (χ3v) is 4.97. The van der Waals surface area contributed by atoms with Gasteiger partial charge in [-0.2, -0.15) is 0 Å². The van der Waals surface area contributed by atoms with Crippen molar-refractivity contribution in [3.63, 3.8) is 0 Å². The zero-order chi connectivity index (χ0) is 18.4. The van der Waals surface area contributed by atoms with Gasteiger partial charge >= 0.3 is 0 Å². The molecule has 0 radical (unpaired) electrons. The van der Waals surface area contributed by atoms with Crippen LogP contribution in [0.15, 0.2) is 35.2 Å². The molecule has 6 nitrogen and oxygen atoms in total. The molecule has 1 aliphatic carbocycles. The summed E-state index contributed by atoms with van der Waals surface area (Å²) in [7, 11) is 0. The molecule has 1 atom stereocenters. The first-order valence-electron chi connectivity index (χ1n) is 8.26. The Labute approximate surface area is 152 Å². The Morgan fingerprint density at radius 2 is 2.08 bits per heavy atom. The molecular formula is C18H24N2O4S. The number of nitro benzene ring substituents is 1. The summed E-state index contributed by atoms with van der Waals surface area (Å²) in [5, 5.41) is 14.9. The van der Waals surface area contributed by atoms with Crippen LogP contribution in [0.3, 0.4) is 0 Å². The number of carbonyl (C=O) groups is 1. The second kappa shape index (κ2) is 8.49. The van der Waals surface area contributed by atoms with Crippen LogP contribution in [0.1, 0.15) is 45.2 Å². The molecule has 2 aliphatic rings. The summed E-state index contributed by atoms with van der Waals surface area (Å²) >= 11 is 1.85. The summed E-state index contributed by atoms with van der Waals surface area (Å²) in [5.41, 5.74) is 0.893. The number of carbonyl (C=O) groups excluding carboxylic acids is 1. The van der Waals surface area contributed by atoms with Gasteiger partial charge in [-0.1, -0.05) is 12.2 Å². The minimum absolute atomic E-state index is 0.117. The zero-order valence-corrected chi connectivity index (χ0v) is 15.5. The third kappa shape index (κ3) is 6.51. The van der Waals surface area contributed by atoms with Gasteiger partial charge in [-0.15, -0.1) is 11.8 Å². The number of benzene rings is 1.